The Morgan fingerprint density at radius 3 is 2.42 bits per heavy atom. The molecule has 1 atom stereocenters. The van der Waals surface area contributed by atoms with Gasteiger partial charge in [-0.05, 0) is 34.5 Å². The summed E-state index contributed by atoms with van der Waals surface area (Å²) in [6, 6.07) is 20.9. The van der Waals surface area contributed by atoms with E-state index in [1.165, 1.54) is 22.3 Å². The van der Waals surface area contributed by atoms with Crippen molar-refractivity contribution in [1.82, 2.24) is 10.6 Å². The fraction of sp³-hybridized carbons (Fsp3) is 0.143. The van der Waals surface area contributed by atoms with E-state index in [2.05, 4.69) is 71.3 Å². The first-order valence-electron chi connectivity index (χ1n) is 8.23. The Kier molecular flexibility index (Phi) is 5.61. The van der Waals surface area contributed by atoms with Gasteiger partial charge in [0.25, 0.3) is 0 Å². The van der Waals surface area contributed by atoms with Crippen LogP contribution in [-0.4, -0.2) is 13.2 Å². The molecular weight excluding hydrogens is 294 g/mol. The maximum Gasteiger partial charge on any atom is 0.0525 e. The molecule has 2 aromatic rings. The minimum Gasteiger partial charge on any atom is -0.387 e. The minimum atomic E-state index is 0.0678. The first-order chi connectivity index (χ1) is 11.9. The van der Waals surface area contributed by atoms with Gasteiger partial charge < -0.3 is 11.1 Å². The number of benzene rings is 2. The molecule has 1 heterocycles. The molecule has 0 amide bonds. The van der Waals surface area contributed by atoms with Gasteiger partial charge in [-0.15, -0.1) is 0 Å². The van der Waals surface area contributed by atoms with Crippen molar-refractivity contribution in [3.05, 3.63) is 102 Å². The van der Waals surface area contributed by atoms with Gasteiger partial charge in [-0.1, -0.05) is 72.8 Å². The summed E-state index contributed by atoms with van der Waals surface area (Å²) in [6.07, 6.45) is 8.45. The van der Waals surface area contributed by atoms with Gasteiger partial charge in [-0.25, -0.2) is 0 Å². The molecule has 1 aliphatic heterocycles. The molecule has 3 heteroatoms. The van der Waals surface area contributed by atoms with Gasteiger partial charge in [0, 0.05) is 13.2 Å². The Labute approximate surface area is 143 Å². The van der Waals surface area contributed by atoms with Gasteiger partial charge in [-0.2, -0.15) is 0 Å². The van der Waals surface area contributed by atoms with Crippen LogP contribution in [0.15, 0.2) is 90.7 Å². The summed E-state index contributed by atoms with van der Waals surface area (Å²) in [5, 5.41) is 6.67. The van der Waals surface area contributed by atoms with E-state index in [0.29, 0.717) is 6.67 Å². The standard InChI is InChI=1S/C21H23N3/c22-16-24-21(18-10-5-2-6-11-18)14-20(17-8-3-1-4-9-17)19-12-7-13-23-15-19/h1-14,21,23-24H,15-16,22H2/b20-14-. The van der Waals surface area contributed by atoms with Crippen molar-refractivity contribution in [1.29, 1.82) is 0 Å². The molecule has 24 heavy (non-hydrogen) atoms. The molecule has 3 nitrogen and oxygen atoms in total. The molecule has 1 aliphatic rings. The molecular formula is C21H23N3. The lowest BCUT2D eigenvalue weighted by atomic mass is 9.92. The summed E-state index contributed by atoms with van der Waals surface area (Å²) in [7, 11) is 0. The van der Waals surface area contributed by atoms with Crippen molar-refractivity contribution in [2.24, 2.45) is 5.73 Å². The highest BCUT2D eigenvalue weighted by Crippen LogP contribution is 2.28. The molecule has 122 valence electrons. The summed E-state index contributed by atoms with van der Waals surface area (Å²) < 4.78 is 0. The smallest absolute Gasteiger partial charge is 0.0525 e. The van der Waals surface area contributed by atoms with Crippen molar-refractivity contribution < 1.29 is 0 Å². The van der Waals surface area contributed by atoms with Gasteiger partial charge in [0.1, 0.15) is 0 Å². The molecule has 0 saturated heterocycles. The number of dihydropyridines is 1. The van der Waals surface area contributed by atoms with Gasteiger partial charge in [-0.3, -0.25) is 5.32 Å². The molecule has 0 bridgehead atoms. The van der Waals surface area contributed by atoms with Gasteiger partial charge in [0.05, 0.1) is 6.04 Å². The number of allylic oxidation sites excluding steroid dienone is 2. The predicted octanol–water partition coefficient (Wildman–Crippen LogP) is 3.36. The summed E-state index contributed by atoms with van der Waals surface area (Å²) in [6.45, 7) is 1.25. The summed E-state index contributed by atoms with van der Waals surface area (Å²) in [5.74, 6) is 0. The van der Waals surface area contributed by atoms with E-state index in [-0.39, 0.29) is 6.04 Å². The van der Waals surface area contributed by atoms with Crippen LogP contribution in [-0.2, 0) is 0 Å². The number of hydrogen-bond donors (Lipinski definition) is 3. The summed E-state index contributed by atoms with van der Waals surface area (Å²) >= 11 is 0. The van der Waals surface area contributed by atoms with Crippen LogP contribution >= 0.6 is 0 Å². The van der Waals surface area contributed by atoms with Crippen LogP contribution in [0.1, 0.15) is 17.2 Å². The molecule has 2 aromatic carbocycles. The average molecular weight is 317 g/mol. The van der Waals surface area contributed by atoms with Crippen LogP contribution in [0.5, 0.6) is 0 Å². The lowest BCUT2D eigenvalue weighted by Gasteiger charge is -2.20. The SMILES string of the molecule is NCNC(/C=C(\C1=CC=CNC1)c1ccccc1)c1ccccc1. The molecule has 0 saturated carbocycles. The van der Waals surface area contributed by atoms with E-state index < -0.39 is 0 Å². The second kappa shape index (κ2) is 8.29. The fourth-order valence-electron chi connectivity index (χ4n) is 2.88. The Morgan fingerprint density at radius 1 is 1.08 bits per heavy atom. The van der Waals surface area contributed by atoms with Crippen molar-refractivity contribution in [3.63, 3.8) is 0 Å². The second-order valence-corrected chi connectivity index (χ2v) is 5.67. The number of nitrogens with two attached hydrogens (primary N) is 1. The Hall–Kier alpha value is -2.62. The molecule has 0 radical (unpaired) electrons. The zero-order chi connectivity index (χ0) is 16.6. The highest BCUT2D eigenvalue weighted by atomic mass is 15.0. The van der Waals surface area contributed by atoms with Crippen molar-refractivity contribution in [2.45, 2.75) is 6.04 Å². The quantitative estimate of drug-likeness (QED) is 0.716. The first kappa shape index (κ1) is 16.2. The first-order valence-corrected chi connectivity index (χ1v) is 8.23. The molecule has 0 aliphatic carbocycles. The molecule has 0 spiro atoms. The Morgan fingerprint density at radius 2 is 1.79 bits per heavy atom. The maximum atomic E-state index is 5.78. The third-order valence-corrected chi connectivity index (χ3v) is 4.06. The zero-order valence-corrected chi connectivity index (χ0v) is 13.7. The second-order valence-electron chi connectivity index (χ2n) is 5.67. The zero-order valence-electron chi connectivity index (χ0n) is 13.7. The Bertz CT molecular complexity index is 730. The average Bonchev–Trinajstić information content (AvgIpc) is 2.67. The van der Waals surface area contributed by atoms with E-state index in [0.717, 1.165) is 6.54 Å². The van der Waals surface area contributed by atoms with Crippen molar-refractivity contribution >= 4 is 5.57 Å². The third-order valence-electron chi connectivity index (χ3n) is 4.06. The number of nitrogens with one attached hydrogen (secondary N) is 2. The van der Waals surface area contributed by atoms with E-state index in [9.17, 15) is 0 Å². The van der Waals surface area contributed by atoms with Gasteiger partial charge in [0.15, 0.2) is 0 Å². The van der Waals surface area contributed by atoms with Crippen LogP contribution in [0.4, 0.5) is 0 Å². The molecule has 3 rings (SSSR count). The van der Waals surface area contributed by atoms with Crippen LogP contribution in [0.25, 0.3) is 5.57 Å². The highest BCUT2D eigenvalue weighted by molar-refractivity contribution is 5.80. The number of rotatable bonds is 6. The van der Waals surface area contributed by atoms with Crippen LogP contribution in [0, 0.1) is 0 Å². The summed E-state index contributed by atoms with van der Waals surface area (Å²) in [5.41, 5.74) is 10.7. The van der Waals surface area contributed by atoms with Crippen LogP contribution < -0.4 is 16.4 Å². The monoisotopic (exact) mass is 317 g/mol. The predicted molar refractivity (Wildman–Crippen MR) is 101 cm³/mol. The third kappa shape index (κ3) is 4.02. The van der Waals surface area contributed by atoms with E-state index >= 15 is 0 Å². The van der Waals surface area contributed by atoms with E-state index in [4.69, 9.17) is 5.73 Å². The maximum absolute atomic E-state index is 5.78. The highest BCUT2D eigenvalue weighted by Gasteiger charge is 2.13. The molecule has 0 fully saturated rings. The van der Waals surface area contributed by atoms with Crippen molar-refractivity contribution in [2.75, 3.05) is 13.2 Å². The topological polar surface area (TPSA) is 50.1 Å². The minimum absolute atomic E-state index is 0.0678. The largest absolute Gasteiger partial charge is 0.387 e. The van der Waals surface area contributed by atoms with Gasteiger partial charge in [0.2, 0.25) is 0 Å². The summed E-state index contributed by atoms with van der Waals surface area (Å²) in [4.78, 5) is 0. The Balaban J connectivity index is 2.04. The van der Waals surface area contributed by atoms with Crippen LogP contribution in [0.3, 0.4) is 0 Å². The van der Waals surface area contributed by atoms with Gasteiger partial charge >= 0.3 is 0 Å². The van der Waals surface area contributed by atoms with E-state index in [1.54, 1.807) is 0 Å². The van der Waals surface area contributed by atoms with Crippen LogP contribution in [0.2, 0.25) is 0 Å². The van der Waals surface area contributed by atoms with E-state index in [1.807, 2.05) is 24.4 Å². The van der Waals surface area contributed by atoms with Crippen molar-refractivity contribution in [3.8, 4) is 0 Å². The molecule has 4 N–H and O–H groups in total. The molecule has 1 unspecified atom stereocenters. The lowest BCUT2D eigenvalue weighted by molar-refractivity contribution is 0.636. The number of hydrogen-bond acceptors (Lipinski definition) is 3. The lowest BCUT2D eigenvalue weighted by Crippen LogP contribution is -2.26. The fourth-order valence-corrected chi connectivity index (χ4v) is 2.88. The molecule has 0 aromatic heterocycles. The normalized spacial score (nSPS) is 15.5.